The third-order valence-corrected chi connectivity index (χ3v) is 6.07. The van der Waals surface area contributed by atoms with Crippen LogP contribution in [0.2, 0.25) is 0 Å². The van der Waals surface area contributed by atoms with Crippen molar-refractivity contribution in [2.24, 2.45) is 0 Å². The zero-order valence-electron chi connectivity index (χ0n) is 15.7. The van der Waals surface area contributed by atoms with Gasteiger partial charge >= 0.3 is 0 Å². The first-order valence-corrected chi connectivity index (χ1v) is 10.1. The first-order chi connectivity index (χ1) is 12.6. The van der Waals surface area contributed by atoms with Gasteiger partial charge in [0.05, 0.1) is 24.7 Å². The van der Waals surface area contributed by atoms with Gasteiger partial charge in [0, 0.05) is 17.7 Å². The molecule has 1 aromatic carbocycles. The van der Waals surface area contributed by atoms with Crippen LogP contribution in [0, 0.1) is 0 Å². The second-order valence-corrected chi connectivity index (χ2v) is 8.20. The molecule has 0 saturated carbocycles. The number of thiophene rings is 1. The number of aliphatic hydroxyl groups excluding tert-OH is 1. The molecule has 2 aromatic rings. The summed E-state index contributed by atoms with van der Waals surface area (Å²) in [5.41, 5.74) is 1.23. The molecule has 0 radical (unpaired) electrons. The molecule has 1 fully saturated rings. The van der Waals surface area contributed by atoms with Crippen LogP contribution in [0.4, 0.5) is 0 Å². The number of ether oxygens (including phenoxy) is 3. The Labute approximate surface area is 159 Å². The van der Waals surface area contributed by atoms with Crippen molar-refractivity contribution < 1.29 is 19.3 Å². The predicted octanol–water partition coefficient (Wildman–Crippen LogP) is 4.74. The summed E-state index contributed by atoms with van der Waals surface area (Å²) in [6.07, 6.45) is 3.23. The van der Waals surface area contributed by atoms with E-state index in [1.165, 1.54) is 15.3 Å². The maximum atomic E-state index is 9.36. The van der Waals surface area contributed by atoms with E-state index in [4.69, 9.17) is 14.2 Å². The van der Waals surface area contributed by atoms with Gasteiger partial charge in [-0.2, -0.15) is 0 Å². The van der Waals surface area contributed by atoms with E-state index in [2.05, 4.69) is 32.0 Å². The molecule has 0 spiro atoms. The van der Waals surface area contributed by atoms with E-state index in [0.717, 1.165) is 37.2 Å². The van der Waals surface area contributed by atoms with Crippen molar-refractivity contribution in [2.75, 3.05) is 13.7 Å². The first-order valence-electron chi connectivity index (χ1n) is 9.27. The van der Waals surface area contributed by atoms with Crippen molar-refractivity contribution in [3.8, 4) is 11.5 Å². The van der Waals surface area contributed by atoms with E-state index >= 15 is 0 Å². The van der Waals surface area contributed by atoms with Crippen LogP contribution >= 0.6 is 11.3 Å². The van der Waals surface area contributed by atoms with Crippen molar-refractivity contribution in [1.29, 1.82) is 0 Å². The van der Waals surface area contributed by atoms with E-state index in [1.807, 2.05) is 12.1 Å². The Morgan fingerprint density at radius 3 is 2.65 bits per heavy atom. The Kier molecular flexibility index (Phi) is 6.57. The molecule has 1 saturated heterocycles. The van der Waals surface area contributed by atoms with Crippen molar-refractivity contribution in [3.05, 3.63) is 45.6 Å². The van der Waals surface area contributed by atoms with Gasteiger partial charge in [-0.05, 0) is 42.5 Å². The van der Waals surface area contributed by atoms with E-state index < -0.39 is 0 Å². The molecular formula is C21H28O4S. The van der Waals surface area contributed by atoms with Crippen molar-refractivity contribution in [3.63, 3.8) is 0 Å². The highest BCUT2D eigenvalue weighted by Crippen LogP contribution is 2.37. The summed E-state index contributed by atoms with van der Waals surface area (Å²) < 4.78 is 17.3. The number of methoxy groups -OCH3 is 1. The lowest BCUT2D eigenvalue weighted by Crippen LogP contribution is -2.33. The van der Waals surface area contributed by atoms with Crippen LogP contribution in [0.1, 0.15) is 54.3 Å². The fourth-order valence-electron chi connectivity index (χ4n) is 3.09. The lowest BCUT2D eigenvalue weighted by atomic mass is 10.1. The lowest BCUT2D eigenvalue weighted by Gasteiger charge is -2.29. The fourth-order valence-corrected chi connectivity index (χ4v) is 4.23. The maximum Gasteiger partial charge on any atom is 0.200 e. The second kappa shape index (κ2) is 8.89. The Balaban J connectivity index is 1.77. The Bertz CT molecular complexity index is 693. The SMILES string of the molecule is COc1ccc(Cc2sc(C(C)C)cc2OC2CCCC(CO)O2)cc1. The van der Waals surface area contributed by atoms with Crippen LogP contribution in [0.25, 0.3) is 0 Å². The van der Waals surface area contributed by atoms with Crippen LogP contribution in [0.5, 0.6) is 11.5 Å². The molecule has 2 unspecified atom stereocenters. The summed E-state index contributed by atoms with van der Waals surface area (Å²) in [5.74, 6) is 2.24. The Hall–Kier alpha value is -1.56. The minimum absolute atomic E-state index is 0.0550. The quantitative estimate of drug-likeness (QED) is 0.758. The van der Waals surface area contributed by atoms with Crippen molar-refractivity contribution in [1.82, 2.24) is 0 Å². The lowest BCUT2D eigenvalue weighted by molar-refractivity contribution is -0.158. The monoisotopic (exact) mass is 376 g/mol. The predicted molar refractivity (Wildman–Crippen MR) is 104 cm³/mol. The zero-order chi connectivity index (χ0) is 18.5. The first kappa shape index (κ1) is 19.2. The molecule has 5 heteroatoms. The summed E-state index contributed by atoms with van der Waals surface area (Å²) in [6, 6.07) is 10.3. The molecule has 2 atom stereocenters. The number of hydrogen-bond acceptors (Lipinski definition) is 5. The van der Waals surface area contributed by atoms with Crippen molar-refractivity contribution in [2.45, 2.75) is 57.8 Å². The number of rotatable bonds is 7. The van der Waals surface area contributed by atoms with Gasteiger partial charge in [-0.25, -0.2) is 0 Å². The van der Waals surface area contributed by atoms with Crippen LogP contribution in [-0.4, -0.2) is 31.2 Å². The minimum atomic E-state index is -0.273. The molecule has 1 aliphatic heterocycles. The minimum Gasteiger partial charge on any atom is -0.497 e. The normalized spacial score (nSPS) is 20.3. The molecule has 1 N–H and O–H groups in total. The largest absolute Gasteiger partial charge is 0.497 e. The standard InChI is InChI=1S/C21H28O4S/c1-14(2)19-12-18(25-21-6-4-5-17(13-22)24-21)20(26-19)11-15-7-9-16(23-3)10-8-15/h7-10,12,14,17,21-22H,4-6,11,13H2,1-3H3. The topological polar surface area (TPSA) is 47.9 Å². The van der Waals surface area contributed by atoms with Gasteiger partial charge < -0.3 is 19.3 Å². The van der Waals surface area contributed by atoms with E-state index in [9.17, 15) is 5.11 Å². The van der Waals surface area contributed by atoms with Gasteiger partial charge in [-0.3, -0.25) is 0 Å². The summed E-state index contributed by atoms with van der Waals surface area (Å²) >= 11 is 1.81. The summed E-state index contributed by atoms with van der Waals surface area (Å²) in [6.45, 7) is 4.46. The van der Waals surface area contributed by atoms with E-state index in [1.54, 1.807) is 18.4 Å². The molecule has 1 aliphatic rings. The molecule has 0 amide bonds. The smallest absolute Gasteiger partial charge is 0.200 e. The molecule has 1 aromatic heterocycles. The molecule has 142 valence electrons. The molecule has 4 nitrogen and oxygen atoms in total. The van der Waals surface area contributed by atoms with E-state index in [0.29, 0.717) is 5.92 Å². The zero-order valence-corrected chi connectivity index (χ0v) is 16.6. The van der Waals surface area contributed by atoms with E-state index in [-0.39, 0.29) is 19.0 Å². The van der Waals surface area contributed by atoms with Crippen LogP contribution in [0.3, 0.4) is 0 Å². The van der Waals surface area contributed by atoms with Crippen LogP contribution < -0.4 is 9.47 Å². The molecule has 0 bridgehead atoms. The maximum absolute atomic E-state index is 9.36. The van der Waals surface area contributed by atoms with Crippen LogP contribution in [0.15, 0.2) is 30.3 Å². The second-order valence-electron chi connectivity index (χ2n) is 7.03. The summed E-state index contributed by atoms with van der Waals surface area (Å²) in [7, 11) is 1.68. The average molecular weight is 377 g/mol. The number of hydrogen-bond donors (Lipinski definition) is 1. The third-order valence-electron chi connectivity index (χ3n) is 4.65. The Morgan fingerprint density at radius 1 is 1.23 bits per heavy atom. The van der Waals surface area contributed by atoms with Gasteiger partial charge in [-0.1, -0.05) is 26.0 Å². The van der Waals surface area contributed by atoms with Gasteiger partial charge in [0.2, 0.25) is 0 Å². The van der Waals surface area contributed by atoms with Crippen LogP contribution in [-0.2, 0) is 11.2 Å². The average Bonchev–Trinajstić information content (AvgIpc) is 3.05. The molecule has 2 heterocycles. The van der Waals surface area contributed by atoms with Gasteiger partial charge in [0.25, 0.3) is 0 Å². The highest BCUT2D eigenvalue weighted by Gasteiger charge is 2.25. The summed E-state index contributed by atoms with van der Waals surface area (Å²) in [4.78, 5) is 2.53. The van der Waals surface area contributed by atoms with Gasteiger partial charge in [-0.15, -0.1) is 11.3 Å². The summed E-state index contributed by atoms with van der Waals surface area (Å²) in [5, 5.41) is 9.36. The Morgan fingerprint density at radius 2 is 2.00 bits per heavy atom. The number of aliphatic hydroxyl groups is 1. The fraction of sp³-hybridized carbons (Fsp3) is 0.524. The van der Waals surface area contributed by atoms with Gasteiger partial charge in [0.1, 0.15) is 11.5 Å². The molecular weight excluding hydrogens is 348 g/mol. The number of benzene rings is 1. The molecule has 0 aliphatic carbocycles. The van der Waals surface area contributed by atoms with Gasteiger partial charge in [0.15, 0.2) is 6.29 Å². The highest BCUT2D eigenvalue weighted by atomic mass is 32.1. The molecule has 3 rings (SSSR count). The highest BCUT2D eigenvalue weighted by molar-refractivity contribution is 7.12. The van der Waals surface area contributed by atoms with Crippen molar-refractivity contribution >= 4 is 11.3 Å². The molecule has 26 heavy (non-hydrogen) atoms. The third kappa shape index (κ3) is 4.78.